The molecule has 0 aliphatic carbocycles. The van der Waals surface area contributed by atoms with Crippen LogP contribution in [0.2, 0.25) is 0 Å². The van der Waals surface area contributed by atoms with Crippen LogP contribution in [0.15, 0.2) is 30.8 Å². The lowest BCUT2D eigenvalue weighted by atomic mass is 10.0. The molecule has 1 aliphatic rings. The third-order valence-electron chi connectivity index (χ3n) is 3.54. The van der Waals surface area contributed by atoms with Gasteiger partial charge in [-0.3, -0.25) is 0 Å². The summed E-state index contributed by atoms with van der Waals surface area (Å²) in [5, 5.41) is 0. The van der Waals surface area contributed by atoms with Gasteiger partial charge in [0.1, 0.15) is 0 Å². The van der Waals surface area contributed by atoms with Crippen molar-refractivity contribution in [3.05, 3.63) is 42.0 Å². The van der Waals surface area contributed by atoms with Crippen molar-refractivity contribution in [1.29, 1.82) is 0 Å². The number of piperidine rings is 1. The Hall–Kier alpha value is -1.24. The van der Waals surface area contributed by atoms with Crippen molar-refractivity contribution in [3.8, 4) is 0 Å². The van der Waals surface area contributed by atoms with Gasteiger partial charge in [-0.05, 0) is 42.9 Å². The summed E-state index contributed by atoms with van der Waals surface area (Å²) in [5.41, 5.74) is 3.95. The molecular formula is C16H23N. The molecule has 0 saturated carbocycles. The highest BCUT2D eigenvalue weighted by atomic mass is 15.1. The van der Waals surface area contributed by atoms with Crippen LogP contribution in [0.1, 0.15) is 43.7 Å². The molecule has 0 radical (unpaired) electrons. The van der Waals surface area contributed by atoms with Crippen molar-refractivity contribution >= 4 is 5.70 Å². The largest absolute Gasteiger partial charge is 0.372 e. The summed E-state index contributed by atoms with van der Waals surface area (Å²) in [5.74, 6) is 0. The zero-order chi connectivity index (χ0) is 12.1. The maximum absolute atomic E-state index is 4.28. The van der Waals surface area contributed by atoms with Crippen LogP contribution in [0.25, 0.3) is 5.70 Å². The molecule has 1 saturated heterocycles. The summed E-state index contributed by atoms with van der Waals surface area (Å²) in [6.45, 7) is 8.86. The molecule has 0 aromatic heterocycles. The SMILES string of the molecule is C=C(c1cccc(CCC)c1)N1CCCCC1. The second-order valence-corrected chi connectivity index (χ2v) is 4.94. The predicted molar refractivity (Wildman–Crippen MR) is 74.9 cm³/mol. The van der Waals surface area contributed by atoms with Crippen molar-refractivity contribution in [2.24, 2.45) is 0 Å². The first-order valence-corrected chi connectivity index (χ1v) is 6.84. The van der Waals surface area contributed by atoms with Crippen LogP contribution >= 0.6 is 0 Å². The Morgan fingerprint density at radius 2 is 2.00 bits per heavy atom. The van der Waals surface area contributed by atoms with Crippen LogP contribution in [-0.2, 0) is 6.42 Å². The molecule has 1 aromatic rings. The number of rotatable bonds is 4. The molecule has 0 bridgehead atoms. The van der Waals surface area contributed by atoms with E-state index in [9.17, 15) is 0 Å². The van der Waals surface area contributed by atoms with Gasteiger partial charge in [-0.25, -0.2) is 0 Å². The molecule has 1 heterocycles. The minimum Gasteiger partial charge on any atom is -0.372 e. The van der Waals surface area contributed by atoms with E-state index in [4.69, 9.17) is 0 Å². The lowest BCUT2D eigenvalue weighted by molar-refractivity contribution is 0.326. The van der Waals surface area contributed by atoms with Crippen molar-refractivity contribution in [2.75, 3.05) is 13.1 Å². The van der Waals surface area contributed by atoms with Crippen LogP contribution in [0.5, 0.6) is 0 Å². The zero-order valence-electron chi connectivity index (χ0n) is 10.9. The quantitative estimate of drug-likeness (QED) is 0.751. The van der Waals surface area contributed by atoms with Gasteiger partial charge < -0.3 is 4.90 Å². The number of benzene rings is 1. The number of aryl methyl sites for hydroxylation is 1. The molecule has 1 aromatic carbocycles. The molecular weight excluding hydrogens is 206 g/mol. The molecule has 0 spiro atoms. The van der Waals surface area contributed by atoms with E-state index in [1.54, 1.807) is 0 Å². The molecule has 1 fully saturated rings. The van der Waals surface area contributed by atoms with Gasteiger partial charge in [-0.2, -0.15) is 0 Å². The predicted octanol–water partition coefficient (Wildman–Crippen LogP) is 4.10. The summed E-state index contributed by atoms with van der Waals surface area (Å²) in [6, 6.07) is 8.88. The molecule has 0 atom stereocenters. The first kappa shape index (κ1) is 12.2. The van der Waals surface area contributed by atoms with E-state index in [1.165, 1.54) is 62.0 Å². The van der Waals surface area contributed by atoms with Crippen LogP contribution in [0.3, 0.4) is 0 Å². The van der Waals surface area contributed by atoms with Crippen molar-refractivity contribution in [2.45, 2.75) is 39.0 Å². The third kappa shape index (κ3) is 3.12. The third-order valence-corrected chi connectivity index (χ3v) is 3.54. The van der Waals surface area contributed by atoms with Crippen molar-refractivity contribution in [1.82, 2.24) is 4.90 Å². The monoisotopic (exact) mass is 229 g/mol. The van der Waals surface area contributed by atoms with Crippen LogP contribution in [-0.4, -0.2) is 18.0 Å². The van der Waals surface area contributed by atoms with E-state index in [1.807, 2.05) is 0 Å². The fourth-order valence-electron chi connectivity index (χ4n) is 2.54. The van der Waals surface area contributed by atoms with Gasteiger partial charge in [0.15, 0.2) is 0 Å². The van der Waals surface area contributed by atoms with E-state index in [0.29, 0.717) is 0 Å². The topological polar surface area (TPSA) is 3.24 Å². The van der Waals surface area contributed by atoms with Gasteiger partial charge in [-0.1, -0.05) is 38.1 Å². The van der Waals surface area contributed by atoms with Gasteiger partial charge in [-0.15, -0.1) is 0 Å². The number of hydrogen-bond acceptors (Lipinski definition) is 1. The molecule has 2 rings (SSSR count). The molecule has 92 valence electrons. The highest BCUT2D eigenvalue weighted by molar-refractivity contribution is 5.62. The Balaban J connectivity index is 2.09. The highest BCUT2D eigenvalue weighted by Gasteiger charge is 2.13. The van der Waals surface area contributed by atoms with Crippen molar-refractivity contribution in [3.63, 3.8) is 0 Å². The van der Waals surface area contributed by atoms with E-state index in [0.717, 1.165) is 0 Å². The Morgan fingerprint density at radius 1 is 1.24 bits per heavy atom. The summed E-state index contributed by atoms with van der Waals surface area (Å²) in [7, 11) is 0. The normalized spacial score (nSPS) is 15.9. The highest BCUT2D eigenvalue weighted by Crippen LogP contribution is 2.22. The Kier molecular flexibility index (Phi) is 4.24. The number of likely N-dealkylation sites (tertiary alicyclic amines) is 1. The summed E-state index contributed by atoms with van der Waals surface area (Å²) >= 11 is 0. The van der Waals surface area contributed by atoms with Gasteiger partial charge in [0.05, 0.1) is 0 Å². The minimum absolute atomic E-state index is 1.17. The van der Waals surface area contributed by atoms with E-state index >= 15 is 0 Å². The van der Waals surface area contributed by atoms with Crippen LogP contribution in [0.4, 0.5) is 0 Å². The molecule has 0 N–H and O–H groups in total. The Bertz CT molecular complexity index is 375. The van der Waals surface area contributed by atoms with Gasteiger partial charge in [0.2, 0.25) is 0 Å². The molecule has 17 heavy (non-hydrogen) atoms. The van der Waals surface area contributed by atoms with Gasteiger partial charge in [0, 0.05) is 18.8 Å². The Labute approximate surface area is 105 Å². The standard InChI is InChI=1S/C16H23N/c1-3-8-15-9-7-10-16(13-15)14(2)17-11-5-4-6-12-17/h7,9-10,13H,2-6,8,11-12H2,1H3. The first-order valence-electron chi connectivity index (χ1n) is 6.84. The van der Waals surface area contributed by atoms with E-state index in [-0.39, 0.29) is 0 Å². The fourth-order valence-corrected chi connectivity index (χ4v) is 2.54. The van der Waals surface area contributed by atoms with Crippen molar-refractivity contribution < 1.29 is 0 Å². The summed E-state index contributed by atoms with van der Waals surface area (Å²) in [6.07, 6.45) is 6.38. The lowest BCUT2D eigenvalue weighted by Crippen LogP contribution is -2.27. The van der Waals surface area contributed by atoms with Gasteiger partial charge in [0.25, 0.3) is 0 Å². The summed E-state index contributed by atoms with van der Waals surface area (Å²) < 4.78 is 0. The van der Waals surface area contributed by atoms with E-state index < -0.39 is 0 Å². The lowest BCUT2D eigenvalue weighted by Gasteiger charge is -2.30. The summed E-state index contributed by atoms with van der Waals surface area (Å²) in [4.78, 5) is 2.44. The molecule has 0 unspecified atom stereocenters. The minimum atomic E-state index is 1.17. The average Bonchev–Trinajstić information content (AvgIpc) is 2.40. The first-order chi connectivity index (χ1) is 8.31. The zero-order valence-corrected chi connectivity index (χ0v) is 10.9. The van der Waals surface area contributed by atoms with E-state index in [2.05, 4.69) is 42.7 Å². The number of nitrogens with zero attached hydrogens (tertiary/aromatic N) is 1. The second kappa shape index (κ2) is 5.90. The Morgan fingerprint density at radius 3 is 2.71 bits per heavy atom. The van der Waals surface area contributed by atoms with Crippen LogP contribution < -0.4 is 0 Å². The average molecular weight is 229 g/mol. The molecule has 1 nitrogen and oxygen atoms in total. The van der Waals surface area contributed by atoms with Gasteiger partial charge >= 0.3 is 0 Å². The maximum atomic E-state index is 4.28. The van der Waals surface area contributed by atoms with Crippen LogP contribution in [0, 0.1) is 0 Å². The maximum Gasteiger partial charge on any atom is 0.0366 e. The fraction of sp³-hybridized carbons (Fsp3) is 0.500. The molecule has 1 heteroatoms. The second-order valence-electron chi connectivity index (χ2n) is 4.94. The molecule has 0 amide bonds. The smallest absolute Gasteiger partial charge is 0.0366 e. The number of hydrogen-bond donors (Lipinski definition) is 0. The molecule has 1 aliphatic heterocycles.